The number of carbonyl (C=O) groups is 1. The molecule has 0 saturated heterocycles. The zero-order valence-electron chi connectivity index (χ0n) is 14.1. The normalized spacial score (nSPS) is 10.9. The summed E-state index contributed by atoms with van der Waals surface area (Å²) in [5.41, 5.74) is 1.68. The number of carbonyl (C=O) groups excluding carboxylic acids is 1. The Kier molecular flexibility index (Phi) is 4.88. The Morgan fingerprint density at radius 2 is 2.00 bits per heavy atom. The SMILES string of the molecule is CC(C)N(Cc1cccnc1)C(=O)c1cnn(-c2ccccc2F)c1. The molecule has 0 radical (unpaired) electrons. The third-order valence-corrected chi connectivity index (χ3v) is 3.89. The van der Waals surface area contributed by atoms with Crippen LogP contribution >= 0.6 is 0 Å². The van der Waals surface area contributed by atoms with Crippen molar-refractivity contribution in [2.75, 3.05) is 0 Å². The predicted molar refractivity (Wildman–Crippen MR) is 92.8 cm³/mol. The van der Waals surface area contributed by atoms with E-state index in [-0.39, 0.29) is 17.8 Å². The van der Waals surface area contributed by atoms with E-state index in [4.69, 9.17) is 0 Å². The molecule has 1 amide bonds. The van der Waals surface area contributed by atoms with E-state index in [9.17, 15) is 9.18 Å². The van der Waals surface area contributed by atoms with Gasteiger partial charge in [-0.25, -0.2) is 9.07 Å². The molecule has 3 rings (SSSR count). The highest BCUT2D eigenvalue weighted by molar-refractivity contribution is 5.94. The van der Waals surface area contributed by atoms with Crippen molar-refractivity contribution in [3.05, 3.63) is 78.1 Å². The van der Waals surface area contributed by atoms with E-state index in [1.54, 1.807) is 41.7 Å². The molecule has 6 heteroatoms. The minimum absolute atomic E-state index is 0.00418. The molecule has 0 unspecified atom stereocenters. The summed E-state index contributed by atoms with van der Waals surface area (Å²) in [5.74, 6) is -0.540. The highest BCUT2D eigenvalue weighted by Crippen LogP contribution is 2.16. The standard InChI is InChI=1S/C19H19FN4O/c1-14(2)23(12-15-6-5-9-21-10-15)19(25)16-11-22-24(13-16)18-8-4-3-7-17(18)20/h3-11,13-14H,12H2,1-2H3. The minimum Gasteiger partial charge on any atom is -0.332 e. The monoisotopic (exact) mass is 338 g/mol. The third-order valence-electron chi connectivity index (χ3n) is 3.89. The maximum atomic E-state index is 13.9. The lowest BCUT2D eigenvalue weighted by molar-refractivity contribution is 0.0690. The van der Waals surface area contributed by atoms with Crippen molar-refractivity contribution in [1.29, 1.82) is 0 Å². The summed E-state index contributed by atoms with van der Waals surface area (Å²) >= 11 is 0. The van der Waals surface area contributed by atoms with Crippen LogP contribution in [0.2, 0.25) is 0 Å². The van der Waals surface area contributed by atoms with Crippen LogP contribution in [0.25, 0.3) is 5.69 Å². The Morgan fingerprint density at radius 3 is 2.68 bits per heavy atom. The summed E-state index contributed by atoms with van der Waals surface area (Å²) in [7, 11) is 0. The van der Waals surface area contributed by atoms with Crippen LogP contribution in [-0.4, -0.2) is 31.6 Å². The molecule has 0 spiro atoms. The number of para-hydroxylation sites is 1. The fraction of sp³-hybridized carbons (Fsp3) is 0.211. The second kappa shape index (κ2) is 7.25. The molecule has 0 fully saturated rings. The van der Waals surface area contributed by atoms with Gasteiger partial charge in [-0.2, -0.15) is 5.10 Å². The molecule has 1 aromatic carbocycles. The van der Waals surface area contributed by atoms with E-state index < -0.39 is 0 Å². The molecule has 25 heavy (non-hydrogen) atoms. The van der Waals surface area contributed by atoms with Crippen molar-refractivity contribution in [1.82, 2.24) is 19.7 Å². The molecule has 5 nitrogen and oxygen atoms in total. The third kappa shape index (κ3) is 3.74. The zero-order chi connectivity index (χ0) is 17.8. The summed E-state index contributed by atoms with van der Waals surface area (Å²) in [6, 6.07) is 10.1. The van der Waals surface area contributed by atoms with Crippen LogP contribution in [0.15, 0.2) is 61.2 Å². The number of halogens is 1. The number of benzene rings is 1. The molecule has 3 aromatic rings. The van der Waals surface area contributed by atoms with Gasteiger partial charge < -0.3 is 4.90 Å². The highest BCUT2D eigenvalue weighted by atomic mass is 19.1. The first-order valence-electron chi connectivity index (χ1n) is 8.05. The second-order valence-corrected chi connectivity index (χ2v) is 6.01. The molecule has 2 aromatic heterocycles. The van der Waals surface area contributed by atoms with Gasteiger partial charge >= 0.3 is 0 Å². The molecule has 0 aliphatic carbocycles. The van der Waals surface area contributed by atoms with Gasteiger partial charge in [-0.3, -0.25) is 9.78 Å². The number of pyridine rings is 1. The van der Waals surface area contributed by atoms with Crippen molar-refractivity contribution in [3.8, 4) is 5.69 Å². The molecule has 0 saturated carbocycles. The number of amides is 1. The summed E-state index contributed by atoms with van der Waals surface area (Å²) < 4.78 is 15.3. The lowest BCUT2D eigenvalue weighted by Gasteiger charge is -2.26. The second-order valence-electron chi connectivity index (χ2n) is 6.01. The zero-order valence-corrected chi connectivity index (χ0v) is 14.1. The summed E-state index contributed by atoms with van der Waals surface area (Å²) in [4.78, 5) is 18.7. The Hall–Kier alpha value is -3.02. The highest BCUT2D eigenvalue weighted by Gasteiger charge is 2.21. The average molecular weight is 338 g/mol. The van der Waals surface area contributed by atoms with Crippen LogP contribution in [0.3, 0.4) is 0 Å². The summed E-state index contributed by atoms with van der Waals surface area (Å²) in [6.07, 6.45) is 6.46. The van der Waals surface area contributed by atoms with Crippen LogP contribution in [-0.2, 0) is 6.54 Å². The van der Waals surface area contributed by atoms with Gasteiger partial charge in [-0.05, 0) is 37.6 Å². The van der Waals surface area contributed by atoms with Gasteiger partial charge in [0.05, 0.1) is 11.8 Å². The van der Waals surface area contributed by atoms with E-state index in [2.05, 4.69) is 10.1 Å². The Balaban J connectivity index is 1.85. The van der Waals surface area contributed by atoms with Gasteiger partial charge in [0.15, 0.2) is 0 Å². The van der Waals surface area contributed by atoms with Crippen molar-refractivity contribution in [2.45, 2.75) is 26.4 Å². The Bertz CT molecular complexity index is 861. The van der Waals surface area contributed by atoms with E-state index >= 15 is 0 Å². The van der Waals surface area contributed by atoms with Gasteiger partial charge in [-0.15, -0.1) is 0 Å². The van der Waals surface area contributed by atoms with E-state index in [1.807, 2.05) is 26.0 Å². The van der Waals surface area contributed by atoms with Crippen molar-refractivity contribution < 1.29 is 9.18 Å². The Morgan fingerprint density at radius 1 is 1.20 bits per heavy atom. The van der Waals surface area contributed by atoms with Crippen molar-refractivity contribution in [2.24, 2.45) is 0 Å². The van der Waals surface area contributed by atoms with E-state index in [0.717, 1.165) is 5.56 Å². The number of hydrogen-bond acceptors (Lipinski definition) is 3. The minimum atomic E-state index is -0.388. The molecule has 0 bridgehead atoms. The maximum absolute atomic E-state index is 13.9. The fourth-order valence-electron chi connectivity index (χ4n) is 2.55. The first-order valence-corrected chi connectivity index (χ1v) is 8.05. The predicted octanol–water partition coefficient (Wildman–Crippen LogP) is 3.46. The molecular formula is C19H19FN4O. The molecule has 0 aliphatic rings. The molecule has 0 atom stereocenters. The van der Waals surface area contributed by atoms with Crippen LogP contribution in [0.5, 0.6) is 0 Å². The lowest BCUT2D eigenvalue weighted by Crippen LogP contribution is -2.36. The lowest BCUT2D eigenvalue weighted by atomic mass is 10.2. The molecule has 0 N–H and O–H groups in total. The smallest absolute Gasteiger partial charge is 0.257 e. The first kappa shape index (κ1) is 16.8. The van der Waals surface area contributed by atoms with E-state index in [0.29, 0.717) is 17.8 Å². The molecule has 0 aliphatic heterocycles. The first-order chi connectivity index (χ1) is 12.1. The van der Waals surface area contributed by atoms with Gasteiger partial charge in [0.2, 0.25) is 0 Å². The topological polar surface area (TPSA) is 51.0 Å². The van der Waals surface area contributed by atoms with Crippen molar-refractivity contribution in [3.63, 3.8) is 0 Å². The van der Waals surface area contributed by atoms with Crippen LogP contribution < -0.4 is 0 Å². The van der Waals surface area contributed by atoms with Gasteiger partial charge in [-0.1, -0.05) is 18.2 Å². The van der Waals surface area contributed by atoms with Gasteiger partial charge in [0.1, 0.15) is 11.5 Å². The van der Waals surface area contributed by atoms with Gasteiger partial charge in [0, 0.05) is 31.2 Å². The Labute approximate surface area is 145 Å². The van der Waals surface area contributed by atoms with Crippen LogP contribution in [0.4, 0.5) is 4.39 Å². The van der Waals surface area contributed by atoms with Gasteiger partial charge in [0.25, 0.3) is 5.91 Å². The van der Waals surface area contributed by atoms with E-state index in [1.165, 1.54) is 16.9 Å². The molecule has 128 valence electrons. The number of aromatic nitrogens is 3. The number of nitrogens with zero attached hydrogens (tertiary/aromatic N) is 4. The fourth-order valence-corrected chi connectivity index (χ4v) is 2.55. The maximum Gasteiger partial charge on any atom is 0.257 e. The summed E-state index contributed by atoms with van der Waals surface area (Å²) in [5, 5.41) is 4.13. The largest absolute Gasteiger partial charge is 0.332 e. The van der Waals surface area contributed by atoms with Crippen LogP contribution in [0.1, 0.15) is 29.8 Å². The molecular weight excluding hydrogens is 319 g/mol. The molecule has 2 heterocycles. The average Bonchev–Trinajstić information content (AvgIpc) is 3.10. The number of rotatable bonds is 5. The number of hydrogen-bond donors (Lipinski definition) is 0. The summed E-state index contributed by atoms with van der Waals surface area (Å²) in [6.45, 7) is 4.36. The quantitative estimate of drug-likeness (QED) is 0.716. The van der Waals surface area contributed by atoms with Crippen molar-refractivity contribution >= 4 is 5.91 Å². The van der Waals surface area contributed by atoms with Crippen LogP contribution in [0, 0.1) is 5.82 Å².